The predicted octanol–water partition coefficient (Wildman–Crippen LogP) is 4.32. The van der Waals surface area contributed by atoms with Crippen molar-refractivity contribution in [2.45, 2.75) is 19.9 Å². The van der Waals surface area contributed by atoms with Crippen molar-refractivity contribution in [1.29, 1.82) is 0 Å². The van der Waals surface area contributed by atoms with E-state index < -0.39 is 0 Å². The average Bonchev–Trinajstić information content (AvgIpc) is 3.05. The molecule has 122 valence electrons. The maximum atomic E-state index is 12.3. The summed E-state index contributed by atoms with van der Waals surface area (Å²) in [6, 6.07) is 14.7. The number of aromatic nitrogens is 1. The Morgan fingerprint density at radius 3 is 2.67 bits per heavy atom. The number of phenolic OH excluding ortho intramolecular Hbond substituents is 1. The number of hydrogen-bond acceptors (Lipinski definition) is 4. The Labute approximate surface area is 144 Å². The Morgan fingerprint density at radius 1 is 1.21 bits per heavy atom. The standard InChI is InChI=1S/C19H18N2O2S/c1-12-8-9-15(17(22)10-12)18(23)20-13(2)19-21-16(11-24-19)14-6-4-3-5-7-14/h3-11,13,22H,1-2H3,(H,20,23). The van der Waals surface area contributed by atoms with E-state index in [2.05, 4.69) is 10.3 Å². The highest BCUT2D eigenvalue weighted by molar-refractivity contribution is 7.10. The molecule has 0 aliphatic rings. The lowest BCUT2D eigenvalue weighted by Gasteiger charge is -2.12. The van der Waals surface area contributed by atoms with Crippen molar-refractivity contribution in [3.63, 3.8) is 0 Å². The molecule has 4 nitrogen and oxygen atoms in total. The van der Waals surface area contributed by atoms with Crippen LogP contribution in [0.15, 0.2) is 53.9 Å². The summed E-state index contributed by atoms with van der Waals surface area (Å²) in [5.41, 5.74) is 3.13. The van der Waals surface area contributed by atoms with Crippen molar-refractivity contribution in [1.82, 2.24) is 10.3 Å². The van der Waals surface area contributed by atoms with Crippen LogP contribution in [0.4, 0.5) is 0 Å². The van der Waals surface area contributed by atoms with E-state index in [9.17, 15) is 9.90 Å². The monoisotopic (exact) mass is 338 g/mol. The van der Waals surface area contributed by atoms with Gasteiger partial charge < -0.3 is 10.4 Å². The van der Waals surface area contributed by atoms with E-state index in [-0.39, 0.29) is 23.3 Å². The summed E-state index contributed by atoms with van der Waals surface area (Å²) < 4.78 is 0. The molecule has 1 amide bonds. The van der Waals surface area contributed by atoms with Crippen LogP contribution in [-0.2, 0) is 0 Å². The maximum Gasteiger partial charge on any atom is 0.255 e. The molecular weight excluding hydrogens is 320 g/mol. The van der Waals surface area contributed by atoms with Crippen LogP contribution in [-0.4, -0.2) is 16.0 Å². The summed E-state index contributed by atoms with van der Waals surface area (Å²) in [6.45, 7) is 3.75. The van der Waals surface area contributed by atoms with Gasteiger partial charge in [0.05, 0.1) is 17.3 Å². The third kappa shape index (κ3) is 3.46. The molecule has 1 atom stereocenters. The number of amides is 1. The SMILES string of the molecule is Cc1ccc(C(=O)NC(C)c2nc(-c3ccccc3)cs2)c(O)c1. The smallest absolute Gasteiger partial charge is 0.255 e. The summed E-state index contributed by atoms with van der Waals surface area (Å²) in [7, 11) is 0. The Kier molecular flexibility index (Phi) is 4.62. The van der Waals surface area contributed by atoms with Crippen molar-refractivity contribution < 1.29 is 9.90 Å². The summed E-state index contributed by atoms with van der Waals surface area (Å²) in [4.78, 5) is 16.9. The van der Waals surface area contributed by atoms with E-state index in [1.54, 1.807) is 18.2 Å². The average molecular weight is 338 g/mol. The number of carbonyl (C=O) groups is 1. The molecule has 1 heterocycles. The second-order valence-electron chi connectivity index (χ2n) is 5.65. The highest BCUT2D eigenvalue weighted by Gasteiger charge is 2.17. The van der Waals surface area contributed by atoms with Gasteiger partial charge >= 0.3 is 0 Å². The Balaban J connectivity index is 1.74. The second-order valence-corrected chi connectivity index (χ2v) is 6.54. The fourth-order valence-electron chi connectivity index (χ4n) is 2.40. The first kappa shape index (κ1) is 16.2. The number of hydrogen-bond donors (Lipinski definition) is 2. The van der Waals surface area contributed by atoms with Crippen molar-refractivity contribution in [3.8, 4) is 17.0 Å². The highest BCUT2D eigenvalue weighted by Crippen LogP contribution is 2.26. The van der Waals surface area contributed by atoms with E-state index >= 15 is 0 Å². The minimum absolute atomic E-state index is 0.0104. The molecule has 3 aromatic rings. The van der Waals surface area contributed by atoms with Crippen LogP contribution in [0, 0.1) is 6.92 Å². The molecule has 1 unspecified atom stereocenters. The van der Waals surface area contributed by atoms with Gasteiger partial charge in [0.1, 0.15) is 10.8 Å². The molecule has 0 fully saturated rings. The first-order valence-electron chi connectivity index (χ1n) is 7.66. The lowest BCUT2D eigenvalue weighted by molar-refractivity contribution is 0.0937. The molecule has 0 saturated heterocycles. The number of carbonyl (C=O) groups excluding carboxylic acids is 1. The number of rotatable bonds is 4. The van der Waals surface area contributed by atoms with Gasteiger partial charge in [0, 0.05) is 10.9 Å². The van der Waals surface area contributed by atoms with Crippen LogP contribution in [0.1, 0.15) is 33.9 Å². The molecule has 0 aliphatic heterocycles. The maximum absolute atomic E-state index is 12.3. The molecule has 0 radical (unpaired) electrons. The predicted molar refractivity (Wildman–Crippen MR) is 96.3 cm³/mol. The summed E-state index contributed by atoms with van der Waals surface area (Å²) in [6.07, 6.45) is 0. The second kappa shape index (κ2) is 6.84. The molecule has 0 saturated carbocycles. The van der Waals surface area contributed by atoms with E-state index in [0.29, 0.717) is 0 Å². The zero-order valence-electron chi connectivity index (χ0n) is 13.5. The summed E-state index contributed by atoms with van der Waals surface area (Å²) in [5, 5.41) is 15.6. The molecule has 24 heavy (non-hydrogen) atoms. The van der Waals surface area contributed by atoms with Crippen molar-refractivity contribution in [3.05, 3.63) is 70.0 Å². The first-order chi connectivity index (χ1) is 11.5. The van der Waals surface area contributed by atoms with Crippen LogP contribution >= 0.6 is 11.3 Å². The van der Waals surface area contributed by atoms with E-state index in [4.69, 9.17) is 0 Å². The van der Waals surface area contributed by atoms with Gasteiger partial charge in [-0.05, 0) is 31.5 Å². The van der Waals surface area contributed by atoms with E-state index in [1.165, 1.54) is 11.3 Å². The van der Waals surface area contributed by atoms with Gasteiger partial charge in [-0.1, -0.05) is 36.4 Å². The van der Waals surface area contributed by atoms with Gasteiger partial charge in [-0.2, -0.15) is 0 Å². The molecule has 0 bridgehead atoms. The minimum atomic E-state index is -0.309. The van der Waals surface area contributed by atoms with Crippen LogP contribution < -0.4 is 5.32 Å². The quantitative estimate of drug-likeness (QED) is 0.745. The summed E-state index contributed by atoms with van der Waals surface area (Å²) >= 11 is 1.51. The minimum Gasteiger partial charge on any atom is -0.507 e. The lowest BCUT2D eigenvalue weighted by Crippen LogP contribution is -2.26. The van der Waals surface area contributed by atoms with Crippen molar-refractivity contribution in [2.24, 2.45) is 0 Å². The number of nitrogens with zero attached hydrogens (tertiary/aromatic N) is 1. The van der Waals surface area contributed by atoms with Crippen LogP contribution in [0.25, 0.3) is 11.3 Å². The number of benzene rings is 2. The van der Waals surface area contributed by atoms with Gasteiger partial charge in [-0.3, -0.25) is 4.79 Å². The largest absolute Gasteiger partial charge is 0.507 e. The van der Waals surface area contributed by atoms with Crippen LogP contribution in [0.3, 0.4) is 0 Å². The fourth-order valence-corrected chi connectivity index (χ4v) is 3.23. The van der Waals surface area contributed by atoms with E-state index in [1.807, 2.05) is 49.6 Å². The molecule has 3 rings (SSSR count). The summed E-state index contributed by atoms with van der Waals surface area (Å²) in [5.74, 6) is -0.319. The van der Waals surface area contributed by atoms with Crippen molar-refractivity contribution >= 4 is 17.2 Å². The molecule has 0 spiro atoms. The highest BCUT2D eigenvalue weighted by atomic mass is 32.1. The molecule has 1 aromatic heterocycles. The molecular formula is C19H18N2O2S. The Bertz CT molecular complexity index is 859. The number of aryl methyl sites for hydroxylation is 1. The number of aromatic hydroxyl groups is 1. The molecule has 0 aliphatic carbocycles. The van der Waals surface area contributed by atoms with Gasteiger partial charge in [0.2, 0.25) is 0 Å². The van der Waals surface area contributed by atoms with Gasteiger partial charge in [-0.25, -0.2) is 4.98 Å². The molecule has 2 N–H and O–H groups in total. The van der Waals surface area contributed by atoms with Crippen LogP contribution in [0.5, 0.6) is 5.75 Å². The first-order valence-corrected chi connectivity index (χ1v) is 8.54. The van der Waals surface area contributed by atoms with Gasteiger partial charge in [0.25, 0.3) is 5.91 Å². The zero-order valence-corrected chi connectivity index (χ0v) is 14.3. The number of thiazole rings is 1. The zero-order chi connectivity index (χ0) is 17.1. The number of phenols is 1. The van der Waals surface area contributed by atoms with Gasteiger partial charge in [0.15, 0.2) is 0 Å². The molecule has 2 aromatic carbocycles. The Morgan fingerprint density at radius 2 is 1.96 bits per heavy atom. The number of nitrogens with one attached hydrogen (secondary N) is 1. The normalized spacial score (nSPS) is 11.9. The molecule has 5 heteroatoms. The fraction of sp³-hybridized carbons (Fsp3) is 0.158. The third-order valence-electron chi connectivity index (χ3n) is 3.71. The van der Waals surface area contributed by atoms with Crippen LogP contribution in [0.2, 0.25) is 0 Å². The Hall–Kier alpha value is -2.66. The third-order valence-corrected chi connectivity index (χ3v) is 4.73. The van der Waals surface area contributed by atoms with Crippen molar-refractivity contribution in [2.75, 3.05) is 0 Å². The topological polar surface area (TPSA) is 62.2 Å². The van der Waals surface area contributed by atoms with E-state index in [0.717, 1.165) is 21.8 Å². The lowest BCUT2D eigenvalue weighted by atomic mass is 10.1. The van der Waals surface area contributed by atoms with Gasteiger partial charge in [-0.15, -0.1) is 11.3 Å².